The predicted molar refractivity (Wildman–Crippen MR) is 117 cm³/mol. The largest absolute Gasteiger partial charge is 0.497 e. The number of carbonyl (C=O) groups is 2. The van der Waals surface area contributed by atoms with Gasteiger partial charge in [-0.05, 0) is 36.4 Å². The SMILES string of the molecule is COc1ccc(N2CC(C(=O)NCCn3nc(-c4ccccn4)n(C)c3=O)CC2=O)cc1. The molecule has 1 saturated heterocycles. The highest BCUT2D eigenvalue weighted by Crippen LogP contribution is 2.26. The molecule has 2 amide bonds. The van der Waals surface area contributed by atoms with Crippen molar-refractivity contribution >= 4 is 17.5 Å². The first-order valence-electron chi connectivity index (χ1n) is 10.3. The number of nitrogens with zero attached hydrogens (tertiary/aromatic N) is 5. The summed E-state index contributed by atoms with van der Waals surface area (Å²) in [6.45, 7) is 0.753. The van der Waals surface area contributed by atoms with Crippen LogP contribution in [0.4, 0.5) is 5.69 Å². The second-order valence-corrected chi connectivity index (χ2v) is 7.50. The van der Waals surface area contributed by atoms with Crippen LogP contribution in [-0.4, -0.2) is 51.3 Å². The zero-order valence-corrected chi connectivity index (χ0v) is 17.9. The van der Waals surface area contributed by atoms with E-state index in [1.807, 2.05) is 6.07 Å². The Morgan fingerprint density at radius 2 is 1.97 bits per heavy atom. The minimum absolute atomic E-state index is 0.101. The Kier molecular flexibility index (Phi) is 6.02. The molecule has 1 unspecified atom stereocenters. The number of hydrogen-bond donors (Lipinski definition) is 1. The van der Waals surface area contributed by atoms with E-state index in [-0.39, 0.29) is 37.0 Å². The molecule has 0 bridgehead atoms. The summed E-state index contributed by atoms with van der Waals surface area (Å²) in [4.78, 5) is 43.3. The number of methoxy groups -OCH3 is 1. The summed E-state index contributed by atoms with van der Waals surface area (Å²) in [6.07, 6.45) is 1.78. The van der Waals surface area contributed by atoms with Crippen LogP contribution in [-0.2, 0) is 23.2 Å². The van der Waals surface area contributed by atoms with Gasteiger partial charge in [0.25, 0.3) is 0 Å². The van der Waals surface area contributed by atoms with Crippen LogP contribution in [0.3, 0.4) is 0 Å². The molecule has 166 valence electrons. The third-order valence-electron chi connectivity index (χ3n) is 5.44. The van der Waals surface area contributed by atoms with Crippen LogP contribution >= 0.6 is 0 Å². The van der Waals surface area contributed by atoms with Gasteiger partial charge in [0.2, 0.25) is 11.8 Å². The number of benzene rings is 1. The number of rotatable bonds is 7. The van der Waals surface area contributed by atoms with E-state index in [0.29, 0.717) is 23.8 Å². The lowest BCUT2D eigenvalue weighted by Gasteiger charge is -2.17. The Balaban J connectivity index is 1.34. The quantitative estimate of drug-likeness (QED) is 0.587. The van der Waals surface area contributed by atoms with Crippen LogP contribution in [0.1, 0.15) is 6.42 Å². The van der Waals surface area contributed by atoms with Gasteiger partial charge in [0, 0.05) is 38.4 Å². The molecule has 32 heavy (non-hydrogen) atoms. The van der Waals surface area contributed by atoms with Crippen LogP contribution in [0, 0.1) is 5.92 Å². The monoisotopic (exact) mass is 436 g/mol. The number of anilines is 1. The third kappa shape index (κ3) is 4.25. The van der Waals surface area contributed by atoms with E-state index in [0.717, 1.165) is 5.69 Å². The van der Waals surface area contributed by atoms with Crippen molar-refractivity contribution in [1.82, 2.24) is 24.6 Å². The molecule has 4 rings (SSSR count). The van der Waals surface area contributed by atoms with Gasteiger partial charge in [-0.25, -0.2) is 9.48 Å². The normalized spacial score (nSPS) is 15.8. The van der Waals surface area contributed by atoms with Crippen molar-refractivity contribution in [3.05, 3.63) is 59.1 Å². The fourth-order valence-corrected chi connectivity index (χ4v) is 3.68. The van der Waals surface area contributed by atoms with E-state index in [9.17, 15) is 14.4 Å². The number of nitrogens with one attached hydrogen (secondary N) is 1. The van der Waals surface area contributed by atoms with Gasteiger partial charge in [-0.1, -0.05) is 6.07 Å². The zero-order valence-electron chi connectivity index (χ0n) is 17.9. The molecule has 10 nitrogen and oxygen atoms in total. The van der Waals surface area contributed by atoms with E-state index in [1.165, 1.54) is 9.25 Å². The lowest BCUT2D eigenvalue weighted by Crippen LogP contribution is -2.36. The second kappa shape index (κ2) is 9.04. The first-order chi connectivity index (χ1) is 15.5. The topological polar surface area (TPSA) is 111 Å². The number of hydrogen-bond acceptors (Lipinski definition) is 6. The highest BCUT2D eigenvalue weighted by molar-refractivity contribution is 6.00. The van der Waals surface area contributed by atoms with E-state index in [4.69, 9.17) is 4.74 Å². The van der Waals surface area contributed by atoms with Gasteiger partial charge in [0.1, 0.15) is 11.4 Å². The number of ether oxygens (including phenoxy) is 1. The average molecular weight is 436 g/mol. The third-order valence-corrected chi connectivity index (χ3v) is 5.44. The van der Waals surface area contributed by atoms with Crippen molar-refractivity contribution in [1.29, 1.82) is 0 Å². The fraction of sp³-hybridized carbons (Fsp3) is 0.318. The fourth-order valence-electron chi connectivity index (χ4n) is 3.68. The molecular formula is C22H24N6O4. The van der Waals surface area contributed by atoms with Crippen LogP contribution < -0.4 is 20.6 Å². The summed E-state index contributed by atoms with van der Waals surface area (Å²) < 4.78 is 7.86. The minimum Gasteiger partial charge on any atom is -0.497 e. The Bertz CT molecular complexity index is 1170. The van der Waals surface area contributed by atoms with E-state index >= 15 is 0 Å². The maximum absolute atomic E-state index is 12.6. The van der Waals surface area contributed by atoms with Crippen LogP contribution in [0.5, 0.6) is 5.75 Å². The molecule has 1 atom stereocenters. The zero-order chi connectivity index (χ0) is 22.7. The minimum atomic E-state index is -0.450. The predicted octanol–water partition coefficient (Wildman–Crippen LogP) is 0.822. The Morgan fingerprint density at radius 3 is 2.66 bits per heavy atom. The summed E-state index contributed by atoms with van der Waals surface area (Å²) in [6, 6.07) is 12.5. The van der Waals surface area contributed by atoms with Gasteiger partial charge in [-0.2, -0.15) is 0 Å². The average Bonchev–Trinajstić information content (AvgIpc) is 3.35. The molecule has 2 aromatic heterocycles. The van der Waals surface area contributed by atoms with Crippen molar-refractivity contribution in [2.45, 2.75) is 13.0 Å². The smallest absolute Gasteiger partial charge is 0.346 e. The summed E-state index contributed by atoms with van der Waals surface area (Å²) in [5, 5.41) is 7.15. The molecule has 0 spiro atoms. The molecule has 10 heteroatoms. The van der Waals surface area contributed by atoms with Crippen molar-refractivity contribution in [3.63, 3.8) is 0 Å². The molecular weight excluding hydrogens is 412 g/mol. The summed E-state index contributed by atoms with van der Waals surface area (Å²) in [5.74, 6) is 0.387. The van der Waals surface area contributed by atoms with Crippen LogP contribution in [0.15, 0.2) is 53.5 Å². The van der Waals surface area contributed by atoms with Crippen molar-refractivity contribution < 1.29 is 14.3 Å². The standard InChI is InChI=1S/C22H24N6O4/c1-26-20(18-5-3-4-10-23-18)25-28(22(26)31)12-11-24-21(30)15-13-19(29)27(14-15)16-6-8-17(32-2)9-7-16/h3-10,15H,11-14H2,1-2H3,(H,24,30). The number of amides is 2. The van der Waals surface area contributed by atoms with Gasteiger partial charge in [-0.3, -0.25) is 19.1 Å². The van der Waals surface area contributed by atoms with Crippen molar-refractivity contribution in [3.8, 4) is 17.3 Å². The Hall–Kier alpha value is -3.95. The first kappa shape index (κ1) is 21.3. The molecule has 3 heterocycles. The lowest BCUT2D eigenvalue weighted by atomic mass is 10.1. The molecule has 0 aliphatic carbocycles. The maximum Gasteiger partial charge on any atom is 0.346 e. The summed E-state index contributed by atoms with van der Waals surface area (Å²) >= 11 is 0. The second-order valence-electron chi connectivity index (χ2n) is 7.50. The number of pyridine rings is 1. The van der Waals surface area contributed by atoms with E-state index in [2.05, 4.69) is 15.4 Å². The Labute approximate surface area is 184 Å². The molecule has 1 aliphatic rings. The molecule has 3 aromatic rings. The van der Waals surface area contributed by atoms with Gasteiger partial charge < -0.3 is 15.0 Å². The highest BCUT2D eigenvalue weighted by atomic mass is 16.5. The highest BCUT2D eigenvalue weighted by Gasteiger charge is 2.35. The molecule has 1 fully saturated rings. The van der Waals surface area contributed by atoms with Crippen molar-refractivity contribution in [2.24, 2.45) is 13.0 Å². The van der Waals surface area contributed by atoms with E-state index < -0.39 is 5.92 Å². The maximum atomic E-state index is 12.6. The molecule has 0 radical (unpaired) electrons. The Morgan fingerprint density at radius 1 is 1.19 bits per heavy atom. The van der Waals surface area contributed by atoms with E-state index in [1.54, 1.807) is 61.7 Å². The van der Waals surface area contributed by atoms with Gasteiger partial charge >= 0.3 is 5.69 Å². The summed E-state index contributed by atoms with van der Waals surface area (Å²) in [5.41, 5.74) is 1.03. The van der Waals surface area contributed by atoms with Crippen LogP contribution in [0.2, 0.25) is 0 Å². The molecule has 0 saturated carbocycles. The lowest BCUT2D eigenvalue weighted by molar-refractivity contribution is -0.126. The molecule has 1 aliphatic heterocycles. The van der Waals surface area contributed by atoms with Gasteiger partial charge in [0.05, 0.1) is 19.6 Å². The number of carbonyl (C=O) groups excluding carboxylic acids is 2. The molecule has 1 N–H and O–H groups in total. The molecule has 1 aromatic carbocycles. The van der Waals surface area contributed by atoms with Crippen molar-refractivity contribution in [2.75, 3.05) is 25.1 Å². The summed E-state index contributed by atoms with van der Waals surface area (Å²) in [7, 11) is 3.21. The number of aromatic nitrogens is 4. The van der Waals surface area contributed by atoms with Crippen LogP contribution in [0.25, 0.3) is 11.5 Å². The first-order valence-corrected chi connectivity index (χ1v) is 10.3. The van der Waals surface area contributed by atoms with Gasteiger partial charge in [-0.15, -0.1) is 5.10 Å². The van der Waals surface area contributed by atoms with Gasteiger partial charge in [0.15, 0.2) is 5.82 Å².